The quantitative estimate of drug-likeness (QED) is 0.492. The van der Waals surface area contributed by atoms with Crippen LogP contribution < -0.4 is 0 Å². The van der Waals surface area contributed by atoms with Gasteiger partial charge in [0.1, 0.15) is 0 Å². The van der Waals surface area contributed by atoms with Crippen LogP contribution >= 0.6 is 0 Å². The van der Waals surface area contributed by atoms with E-state index in [0.717, 1.165) is 13.0 Å². The Morgan fingerprint density at radius 2 is 2.40 bits per heavy atom. The monoisotopic (exact) mass is 134 g/mol. The van der Waals surface area contributed by atoms with Gasteiger partial charge in [0.2, 0.25) is 0 Å². The minimum atomic E-state index is 0.624. The van der Waals surface area contributed by atoms with Crippen LogP contribution in [-0.4, -0.2) is 6.61 Å². The fourth-order valence-electron chi connectivity index (χ4n) is 1.34. The van der Waals surface area contributed by atoms with Gasteiger partial charge in [-0.2, -0.15) is 0 Å². The lowest BCUT2D eigenvalue weighted by Crippen LogP contribution is -2.10. The predicted molar refractivity (Wildman–Crippen MR) is 40.4 cm³/mol. The lowest BCUT2D eigenvalue weighted by Gasteiger charge is -2.20. The van der Waals surface area contributed by atoms with E-state index in [-0.39, 0.29) is 0 Å². The highest BCUT2D eigenvalue weighted by Gasteiger charge is 2.14. The maximum absolute atomic E-state index is 5.19. The lowest BCUT2D eigenvalue weighted by atomic mass is 9.92. The fourth-order valence-corrected chi connectivity index (χ4v) is 1.34. The van der Waals surface area contributed by atoms with Gasteiger partial charge in [-0.25, -0.2) is 0 Å². The molecule has 0 amide bonds. The first-order valence-electron chi connectivity index (χ1n) is 3.63. The second-order valence-corrected chi connectivity index (χ2v) is 2.63. The third-order valence-corrected chi connectivity index (χ3v) is 1.94. The van der Waals surface area contributed by atoms with Crippen LogP contribution in [0.3, 0.4) is 0 Å². The lowest BCUT2D eigenvalue weighted by molar-refractivity contribution is 0.213. The highest BCUT2D eigenvalue weighted by atomic mass is 16.5. The van der Waals surface area contributed by atoms with Gasteiger partial charge in [0.15, 0.2) is 0 Å². The molecule has 0 fully saturated rings. The molecule has 10 heavy (non-hydrogen) atoms. The van der Waals surface area contributed by atoms with E-state index >= 15 is 0 Å². The van der Waals surface area contributed by atoms with Crippen LogP contribution in [0.15, 0.2) is 36.1 Å². The van der Waals surface area contributed by atoms with E-state index in [2.05, 4.69) is 24.3 Å². The van der Waals surface area contributed by atoms with Gasteiger partial charge in [-0.15, -0.1) is 0 Å². The van der Waals surface area contributed by atoms with Crippen molar-refractivity contribution in [3.05, 3.63) is 36.1 Å². The van der Waals surface area contributed by atoms with Crippen LogP contribution in [0, 0.1) is 5.92 Å². The molecular weight excluding hydrogens is 124 g/mol. The molecule has 0 N–H and O–H groups in total. The van der Waals surface area contributed by atoms with Crippen LogP contribution in [0.2, 0.25) is 0 Å². The maximum Gasteiger partial charge on any atom is 0.0882 e. The molecule has 1 unspecified atom stereocenters. The van der Waals surface area contributed by atoms with Gasteiger partial charge in [0, 0.05) is 5.92 Å². The van der Waals surface area contributed by atoms with Crippen molar-refractivity contribution >= 4 is 0 Å². The molecule has 0 saturated heterocycles. The summed E-state index contributed by atoms with van der Waals surface area (Å²) in [4.78, 5) is 0. The molecule has 2 aliphatic rings. The van der Waals surface area contributed by atoms with Crippen LogP contribution in [0.4, 0.5) is 0 Å². The minimum absolute atomic E-state index is 0.624. The number of allylic oxidation sites excluding steroid dienone is 5. The second kappa shape index (κ2) is 2.33. The Morgan fingerprint density at radius 3 is 3.30 bits per heavy atom. The molecule has 0 aromatic heterocycles. The standard InChI is InChI=1S/C9H10O/c1-2-4-9-7-10-6-5-8(9)3-1/h1-4,7-8H,5-6H2. The first-order chi connectivity index (χ1) is 4.97. The number of rotatable bonds is 0. The molecule has 1 nitrogen and oxygen atoms in total. The van der Waals surface area contributed by atoms with Crippen molar-refractivity contribution in [3.63, 3.8) is 0 Å². The van der Waals surface area contributed by atoms with Gasteiger partial charge >= 0.3 is 0 Å². The summed E-state index contributed by atoms with van der Waals surface area (Å²) < 4.78 is 5.19. The average molecular weight is 134 g/mol. The van der Waals surface area contributed by atoms with Gasteiger partial charge in [0.05, 0.1) is 12.9 Å². The molecule has 1 heterocycles. The summed E-state index contributed by atoms with van der Waals surface area (Å²) in [5, 5.41) is 0. The number of hydrogen-bond acceptors (Lipinski definition) is 1. The van der Waals surface area contributed by atoms with Crippen molar-refractivity contribution < 1.29 is 4.74 Å². The largest absolute Gasteiger partial charge is 0.501 e. The Kier molecular flexibility index (Phi) is 1.35. The van der Waals surface area contributed by atoms with Crippen molar-refractivity contribution in [1.29, 1.82) is 0 Å². The molecular formula is C9H10O. The molecule has 1 heteroatoms. The van der Waals surface area contributed by atoms with E-state index in [0.29, 0.717) is 5.92 Å². The Morgan fingerprint density at radius 1 is 1.40 bits per heavy atom. The first-order valence-corrected chi connectivity index (χ1v) is 3.63. The molecule has 0 spiro atoms. The summed E-state index contributed by atoms with van der Waals surface area (Å²) in [6.45, 7) is 0.867. The number of hydrogen-bond donors (Lipinski definition) is 0. The zero-order valence-corrected chi connectivity index (χ0v) is 5.79. The Balaban J connectivity index is 2.27. The van der Waals surface area contributed by atoms with Crippen LogP contribution in [-0.2, 0) is 4.74 Å². The van der Waals surface area contributed by atoms with E-state index in [1.54, 1.807) is 0 Å². The van der Waals surface area contributed by atoms with E-state index < -0.39 is 0 Å². The van der Waals surface area contributed by atoms with Crippen LogP contribution in [0.5, 0.6) is 0 Å². The third-order valence-electron chi connectivity index (χ3n) is 1.94. The third kappa shape index (κ3) is 0.878. The van der Waals surface area contributed by atoms with Crippen molar-refractivity contribution in [1.82, 2.24) is 0 Å². The minimum Gasteiger partial charge on any atom is -0.501 e. The van der Waals surface area contributed by atoms with Crippen molar-refractivity contribution in [3.8, 4) is 0 Å². The molecule has 1 aliphatic carbocycles. The molecule has 0 aromatic carbocycles. The maximum atomic E-state index is 5.19. The van der Waals surface area contributed by atoms with Crippen LogP contribution in [0.1, 0.15) is 6.42 Å². The predicted octanol–water partition coefficient (Wildman–Crippen LogP) is 2.03. The number of fused-ring (bicyclic) bond motifs is 1. The zero-order valence-electron chi connectivity index (χ0n) is 5.79. The summed E-state index contributed by atoms with van der Waals surface area (Å²) in [7, 11) is 0. The zero-order chi connectivity index (χ0) is 6.81. The van der Waals surface area contributed by atoms with Crippen molar-refractivity contribution in [2.75, 3.05) is 6.61 Å². The summed E-state index contributed by atoms with van der Waals surface area (Å²) in [6.07, 6.45) is 11.5. The molecule has 0 saturated carbocycles. The van der Waals surface area contributed by atoms with Gasteiger partial charge in [-0.1, -0.05) is 24.3 Å². The normalized spacial score (nSPS) is 28.8. The van der Waals surface area contributed by atoms with Crippen LogP contribution in [0.25, 0.3) is 0 Å². The van der Waals surface area contributed by atoms with E-state index in [4.69, 9.17) is 4.74 Å². The van der Waals surface area contributed by atoms with E-state index in [1.165, 1.54) is 5.57 Å². The molecule has 0 bridgehead atoms. The van der Waals surface area contributed by atoms with Gasteiger partial charge in [-0.3, -0.25) is 0 Å². The second-order valence-electron chi connectivity index (χ2n) is 2.63. The molecule has 1 atom stereocenters. The topological polar surface area (TPSA) is 9.23 Å². The number of ether oxygens (including phenoxy) is 1. The Labute approximate surface area is 60.7 Å². The Hall–Kier alpha value is -0.980. The SMILES string of the molecule is C1=CC2=COCCC2C=C1. The fraction of sp³-hybridized carbons (Fsp3) is 0.333. The smallest absolute Gasteiger partial charge is 0.0882 e. The summed E-state index contributed by atoms with van der Waals surface area (Å²) in [6, 6.07) is 0. The van der Waals surface area contributed by atoms with E-state index in [9.17, 15) is 0 Å². The molecule has 1 aliphatic heterocycles. The highest BCUT2D eigenvalue weighted by Crippen LogP contribution is 2.25. The summed E-state index contributed by atoms with van der Waals surface area (Å²) in [5.41, 5.74) is 1.31. The van der Waals surface area contributed by atoms with Gasteiger partial charge in [-0.05, 0) is 12.0 Å². The van der Waals surface area contributed by atoms with Crippen molar-refractivity contribution in [2.24, 2.45) is 5.92 Å². The molecule has 52 valence electrons. The summed E-state index contributed by atoms with van der Waals surface area (Å²) in [5.74, 6) is 0.624. The van der Waals surface area contributed by atoms with Gasteiger partial charge in [0.25, 0.3) is 0 Å². The first kappa shape index (κ1) is 5.78. The molecule has 2 rings (SSSR count). The van der Waals surface area contributed by atoms with Gasteiger partial charge < -0.3 is 4.74 Å². The summed E-state index contributed by atoms with van der Waals surface area (Å²) >= 11 is 0. The Bertz CT molecular complexity index is 211. The van der Waals surface area contributed by atoms with E-state index in [1.807, 2.05) is 6.26 Å². The highest BCUT2D eigenvalue weighted by molar-refractivity contribution is 5.32. The molecule has 0 aromatic rings. The molecule has 0 radical (unpaired) electrons. The van der Waals surface area contributed by atoms with Crippen molar-refractivity contribution in [2.45, 2.75) is 6.42 Å². The average Bonchev–Trinajstić information content (AvgIpc) is 2.05.